The molecule has 124 valence electrons. The second kappa shape index (κ2) is 8.08. The molecule has 5 atom stereocenters. The Morgan fingerprint density at radius 1 is 1.18 bits per heavy atom. The SMILES string of the molecule is N[C@@H](Cc1cnc[nH]1)C(=O)C(=O)[C@H](O)[C@@H](O)[C@H](O)[C@H](O)CO. The smallest absolute Gasteiger partial charge is 0.231 e. The summed E-state index contributed by atoms with van der Waals surface area (Å²) >= 11 is 0. The first-order valence-corrected chi connectivity index (χ1v) is 6.43. The third-order valence-electron chi connectivity index (χ3n) is 3.10. The van der Waals surface area contributed by atoms with Crippen LogP contribution in [0.15, 0.2) is 12.5 Å². The molecule has 0 fully saturated rings. The van der Waals surface area contributed by atoms with Gasteiger partial charge < -0.3 is 36.3 Å². The van der Waals surface area contributed by atoms with Crippen molar-refractivity contribution < 1.29 is 35.1 Å². The van der Waals surface area contributed by atoms with E-state index >= 15 is 0 Å². The van der Waals surface area contributed by atoms with Crippen LogP contribution in [0.25, 0.3) is 0 Å². The van der Waals surface area contributed by atoms with E-state index in [-0.39, 0.29) is 6.42 Å². The number of nitrogens with two attached hydrogens (primary N) is 1. The zero-order valence-corrected chi connectivity index (χ0v) is 11.5. The second-order valence-corrected chi connectivity index (χ2v) is 4.79. The van der Waals surface area contributed by atoms with Gasteiger partial charge in [-0.1, -0.05) is 0 Å². The number of hydrogen-bond acceptors (Lipinski definition) is 9. The molecule has 1 aromatic heterocycles. The van der Waals surface area contributed by atoms with Crippen molar-refractivity contribution in [2.45, 2.75) is 36.9 Å². The summed E-state index contributed by atoms with van der Waals surface area (Å²) in [6.45, 7) is -0.896. The highest BCUT2D eigenvalue weighted by atomic mass is 16.4. The fraction of sp³-hybridized carbons (Fsp3) is 0.583. The summed E-state index contributed by atoms with van der Waals surface area (Å²) in [5.74, 6) is -2.55. The Morgan fingerprint density at radius 3 is 2.32 bits per heavy atom. The first-order chi connectivity index (χ1) is 10.3. The average molecular weight is 317 g/mol. The molecule has 0 spiro atoms. The van der Waals surface area contributed by atoms with E-state index in [1.165, 1.54) is 12.5 Å². The van der Waals surface area contributed by atoms with E-state index in [0.717, 1.165) is 0 Å². The number of aliphatic hydroxyl groups is 5. The van der Waals surface area contributed by atoms with Gasteiger partial charge in [-0.3, -0.25) is 9.59 Å². The number of H-pyrrole nitrogens is 1. The van der Waals surface area contributed by atoms with Gasteiger partial charge in [-0.15, -0.1) is 0 Å². The van der Waals surface area contributed by atoms with Crippen molar-refractivity contribution in [3.8, 4) is 0 Å². The minimum atomic E-state index is -2.27. The number of carbonyl (C=O) groups is 2. The van der Waals surface area contributed by atoms with E-state index in [4.69, 9.17) is 15.9 Å². The summed E-state index contributed by atoms with van der Waals surface area (Å²) in [7, 11) is 0. The highest BCUT2D eigenvalue weighted by molar-refractivity contribution is 6.40. The van der Waals surface area contributed by atoms with Crippen molar-refractivity contribution in [3.05, 3.63) is 18.2 Å². The number of aromatic amines is 1. The Balaban J connectivity index is 2.66. The number of aliphatic hydroxyl groups excluding tert-OH is 5. The van der Waals surface area contributed by atoms with Gasteiger partial charge >= 0.3 is 0 Å². The topological polar surface area (TPSA) is 190 Å². The maximum Gasteiger partial charge on any atom is 0.231 e. The molecule has 0 bridgehead atoms. The molecule has 1 aromatic rings. The molecule has 0 unspecified atom stereocenters. The van der Waals surface area contributed by atoms with E-state index in [0.29, 0.717) is 5.69 Å². The number of aromatic nitrogens is 2. The van der Waals surface area contributed by atoms with Crippen LogP contribution in [0, 0.1) is 0 Å². The summed E-state index contributed by atoms with van der Waals surface area (Å²) in [6.07, 6.45) is -5.44. The number of rotatable bonds is 9. The van der Waals surface area contributed by atoms with Crippen molar-refractivity contribution in [2.75, 3.05) is 6.61 Å². The fourth-order valence-electron chi connectivity index (χ4n) is 1.73. The molecule has 0 saturated heterocycles. The Labute approximate surface area is 125 Å². The standard InChI is InChI=1S/C12H19N3O7/c13-6(1-5-2-14-4-15-5)8(18)10(20)12(22)11(21)9(19)7(17)3-16/h2,4,6-7,9,11-12,16-17,19,21-22H,1,3,13H2,(H,14,15)/t6-,7+,9+,11-,12-/m0/s1. The van der Waals surface area contributed by atoms with Gasteiger partial charge in [-0.2, -0.15) is 0 Å². The second-order valence-electron chi connectivity index (χ2n) is 4.79. The van der Waals surface area contributed by atoms with E-state index in [2.05, 4.69) is 9.97 Å². The number of carbonyl (C=O) groups excluding carboxylic acids is 2. The summed E-state index contributed by atoms with van der Waals surface area (Å²) in [4.78, 5) is 30.0. The molecular weight excluding hydrogens is 298 g/mol. The monoisotopic (exact) mass is 317 g/mol. The van der Waals surface area contributed by atoms with E-state index in [9.17, 15) is 24.9 Å². The van der Waals surface area contributed by atoms with E-state index < -0.39 is 48.6 Å². The van der Waals surface area contributed by atoms with Crippen LogP contribution in [0.3, 0.4) is 0 Å². The lowest BCUT2D eigenvalue weighted by molar-refractivity contribution is -0.154. The zero-order valence-electron chi connectivity index (χ0n) is 11.5. The minimum Gasteiger partial charge on any atom is -0.394 e. The Morgan fingerprint density at radius 2 is 1.82 bits per heavy atom. The minimum absolute atomic E-state index is 0.0325. The predicted octanol–water partition coefficient (Wildman–Crippen LogP) is -4.15. The number of ketones is 2. The van der Waals surface area contributed by atoms with Crippen LogP contribution in [0.4, 0.5) is 0 Å². The van der Waals surface area contributed by atoms with Gasteiger partial charge in [-0.05, 0) is 0 Å². The van der Waals surface area contributed by atoms with Gasteiger partial charge in [0.05, 0.1) is 19.0 Å². The molecule has 0 saturated carbocycles. The van der Waals surface area contributed by atoms with Crippen LogP contribution in [-0.4, -0.2) is 84.1 Å². The Bertz CT molecular complexity index is 493. The first kappa shape index (κ1) is 18.4. The van der Waals surface area contributed by atoms with Crippen LogP contribution in [0.5, 0.6) is 0 Å². The molecule has 0 aromatic carbocycles. The van der Waals surface area contributed by atoms with Crippen LogP contribution < -0.4 is 5.73 Å². The van der Waals surface area contributed by atoms with Gasteiger partial charge in [0.1, 0.15) is 24.4 Å². The number of hydrogen-bond donors (Lipinski definition) is 7. The van der Waals surface area contributed by atoms with Crippen LogP contribution in [-0.2, 0) is 16.0 Å². The molecule has 1 heterocycles. The molecule has 10 heteroatoms. The van der Waals surface area contributed by atoms with Crippen molar-refractivity contribution in [3.63, 3.8) is 0 Å². The normalized spacial score (nSPS) is 18.3. The molecule has 0 aliphatic rings. The molecule has 8 N–H and O–H groups in total. The predicted molar refractivity (Wildman–Crippen MR) is 71.4 cm³/mol. The Kier molecular flexibility index (Phi) is 6.74. The van der Waals surface area contributed by atoms with E-state index in [1.54, 1.807) is 0 Å². The van der Waals surface area contributed by atoms with Crippen LogP contribution in [0.1, 0.15) is 5.69 Å². The maximum atomic E-state index is 11.8. The summed E-state index contributed by atoms with van der Waals surface area (Å²) in [5, 5.41) is 46.3. The zero-order chi connectivity index (χ0) is 16.9. The molecule has 1 rings (SSSR count). The molecule has 0 amide bonds. The van der Waals surface area contributed by atoms with Gasteiger partial charge in [0.15, 0.2) is 0 Å². The highest BCUT2D eigenvalue weighted by Crippen LogP contribution is 2.08. The van der Waals surface area contributed by atoms with Crippen molar-refractivity contribution >= 4 is 11.6 Å². The molecular formula is C12H19N3O7. The number of Topliss-reactive ketones (excluding diaryl/α,β-unsaturated/α-hetero) is 2. The average Bonchev–Trinajstić information content (AvgIpc) is 3.03. The van der Waals surface area contributed by atoms with Crippen molar-refractivity contribution in [2.24, 2.45) is 5.73 Å². The number of nitrogens with zero attached hydrogens (tertiary/aromatic N) is 1. The quantitative estimate of drug-likeness (QED) is 0.222. The molecule has 0 radical (unpaired) electrons. The van der Waals surface area contributed by atoms with Gasteiger partial charge in [0.25, 0.3) is 0 Å². The molecule has 22 heavy (non-hydrogen) atoms. The summed E-state index contributed by atoms with van der Waals surface area (Å²) in [6, 6.07) is -1.27. The highest BCUT2D eigenvalue weighted by Gasteiger charge is 2.38. The van der Waals surface area contributed by atoms with Crippen LogP contribution >= 0.6 is 0 Å². The van der Waals surface area contributed by atoms with Crippen LogP contribution in [0.2, 0.25) is 0 Å². The third kappa shape index (κ3) is 4.40. The number of imidazole rings is 1. The first-order valence-electron chi connectivity index (χ1n) is 6.43. The Hall–Kier alpha value is -1.69. The maximum absolute atomic E-state index is 11.8. The third-order valence-corrected chi connectivity index (χ3v) is 3.10. The van der Waals surface area contributed by atoms with E-state index in [1.807, 2.05) is 0 Å². The van der Waals surface area contributed by atoms with Crippen molar-refractivity contribution in [1.29, 1.82) is 0 Å². The largest absolute Gasteiger partial charge is 0.394 e. The van der Waals surface area contributed by atoms with Gasteiger partial charge in [-0.25, -0.2) is 4.98 Å². The molecule has 0 aliphatic carbocycles. The number of nitrogens with one attached hydrogen (secondary N) is 1. The van der Waals surface area contributed by atoms with Crippen molar-refractivity contribution in [1.82, 2.24) is 9.97 Å². The van der Waals surface area contributed by atoms with Gasteiger partial charge in [0, 0.05) is 18.3 Å². The summed E-state index contributed by atoms with van der Waals surface area (Å²) < 4.78 is 0. The fourth-order valence-corrected chi connectivity index (χ4v) is 1.73. The summed E-state index contributed by atoms with van der Waals surface area (Å²) in [5.41, 5.74) is 6.05. The van der Waals surface area contributed by atoms with Gasteiger partial charge in [0.2, 0.25) is 11.6 Å². The lowest BCUT2D eigenvalue weighted by Gasteiger charge is -2.24. The lowest BCUT2D eigenvalue weighted by atomic mass is 9.95. The molecule has 10 nitrogen and oxygen atoms in total. The lowest BCUT2D eigenvalue weighted by Crippen LogP contribution is -2.52. The molecule has 0 aliphatic heterocycles.